The van der Waals surface area contributed by atoms with Crippen LogP contribution in [0.1, 0.15) is 25.3 Å². The zero-order chi connectivity index (χ0) is 18.5. The van der Waals surface area contributed by atoms with Crippen LogP contribution >= 0.6 is 11.8 Å². The number of thioether (sulfide) groups is 1. The maximum atomic E-state index is 12.1. The van der Waals surface area contributed by atoms with Crippen molar-refractivity contribution in [2.24, 2.45) is 0 Å². The molecule has 0 spiro atoms. The second-order valence-corrected chi connectivity index (χ2v) is 7.50. The van der Waals surface area contributed by atoms with Gasteiger partial charge in [-0.2, -0.15) is 0 Å². The Bertz CT molecular complexity index is 828. The summed E-state index contributed by atoms with van der Waals surface area (Å²) in [5, 5.41) is 11.3. The van der Waals surface area contributed by atoms with E-state index in [9.17, 15) is 14.4 Å². The molecule has 1 aromatic heterocycles. The lowest BCUT2D eigenvalue weighted by atomic mass is 10.1. The van der Waals surface area contributed by atoms with E-state index in [1.54, 1.807) is 6.92 Å². The fourth-order valence-corrected chi connectivity index (χ4v) is 3.23. The van der Waals surface area contributed by atoms with Crippen molar-refractivity contribution in [3.05, 3.63) is 46.4 Å². The lowest BCUT2D eigenvalue weighted by molar-refractivity contribution is -0.119. The third kappa shape index (κ3) is 4.98. The first-order valence-corrected chi connectivity index (χ1v) is 9.38. The van der Waals surface area contributed by atoms with Crippen LogP contribution in [0.5, 0.6) is 0 Å². The summed E-state index contributed by atoms with van der Waals surface area (Å²) in [6.45, 7) is 2.13. The van der Waals surface area contributed by atoms with Gasteiger partial charge < -0.3 is 5.32 Å². The molecule has 3 N–H and O–H groups in total. The number of benzene rings is 1. The smallest absolute Gasteiger partial charge is 0.335 e. The molecule has 0 aliphatic heterocycles. The van der Waals surface area contributed by atoms with Crippen molar-refractivity contribution >= 4 is 23.7 Å². The largest absolute Gasteiger partial charge is 0.343 e. The van der Waals surface area contributed by atoms with E-state index in [0.29, 0.717) is 18.1 Å². The van der Waals surface area contributed by atoms with Gasteiger partial charge in [0.15, 0.2) is 5.16 Å². The van der Waals surface area contributed by atoms with E-state index in [1.165, 1.54) is 4.57 Å². The molecule has 0 radical (unpaired) electrons. The standard InChI is InChI=1S/C17H21N5O3S/c1-11(14(23)19-15(24)18-13-7-8-13)26-17-21-20-16(25)22(17)10-9-12-5-3-2-4-6-12/h2-6,11,13H,7-10H2,1H3,(H,20,25)(H2,18,19,23,24). The van der Waals surface area contributed by atoms with E-state index < -0.39 is 17.2 Å². The fraction of sp³-hybridized carbons (Fsp3) is 0.412. The predicted molar refractivity (Wildman–Crippen MR) is 98.0 cm³/mol. The first kappa shape index (κ1) is 18.2. The monoisotopic (exact) mass is 375 g/mol. The SMILES string of the molecule is CC(Sc1n[nH]c(=O)n1CCc1ccccc1)C(=O)NC(=O)NC1CC1. The van der Waals surface area contributed by atoms with Crippen molar-refractivity contribution in [3.8, 4) is 0 Å². The Labute approximate surface area is 154 Å². The number of hydrogen-bond donors (Lipinski definition) is 3. The van der Waals surface area contributed by atoms with Crippen LogP contribution in [-0.4, -0.2) is 38.0 Å². The topological polar surface area (TPSA) is 109 Å². The van der Waals surface area contributed by atoms with Crippen LogP contribution < -0.4 is 16.3 Å². The van der Waals surface area contributed by atoms with Crippen molar-refractivity contribution in [2.45, 2.75) is 49.2 Å². The number of H-pyrrole nitrogens is 1. The molecular weight excluding hydrogens is 354 g/mol. The van der Waals surface area contributed by atoms with Crippen molar-refractivity contribution in [3.63, 3.8) is 0 Å². The number of nitrogens with one attached hydrogen (secondary N) is 3. The highest BCUT2D eigenvalue weighted by molar-refractivity contribution is 8.00. The number of aromatic amines is 1. The molecular formula is C17H21N5O3S. The molecule has 3 rings (SSSR count). The third-order valence-corrected chi connectivity index (χ3v) is 5.08. The summed E-state index contributed by atoms with van der Waals surface area (Å²) in [7, 11) is 0. The number of amides is 3. The number of imide groups is 1. The minimum Gasteiger partial charge on any atom is -0.335 e. The van der Waals surface area contributed by atoms with Gasteiger partial charge in [-0.25, -0.2) is 14.7 Å². The molecule has 1 aliphatic rings. The number of carbonyl (C=O) groups is 2. The number of aromatic nitrogens is 3. The second-order valence-electron chi connectivity index (χ2n) is 6.20. The van der Waals surface area contributed by atoms with Gasteiger partial charge in [0.05, 0.1) is 5.25 Å². The summed E-state index contributed by atoms with van der Waals surface area (Å²) < 4.78 is 1.51. The lowest BCUT2D eigenvalue weighted by Crippen LogP contribution is -2.43. The van der Waals surface area contributed by atoms with Gasteiger partial charge in [-0.05, 0) is 31.7 Å². The summed E-state index contributed by atoms with van der Waals surface area (Å²) in [6.07, 6.45) is 2.58. The number of urea groups is 1. The average Bonchev–Trinajstić information content (AvgIpc) is 3.37. The van der Waals surface area contributed by atoms with Gasteiger partial charge in [0, 0.05) is 12.6 Å². The van der Waals surface area contributed by atoms with Crippen molar-refractivity contribution in [2.75, 3.05) is 0 Å². The zero-order valence-corrected chi connectivity index (χ0v) is 15.2. The van der Waals surface area contributed by atoms with Crippen LogP contribution in [0.15, 0.2) is 40.3 Å². The molecule has 1 aliphatic carbocycles. The normalized spacial score (nSPS) is 14.7. The van der Waals surface area contributed by atoms with Gasteiger partial charge in [-0.1, -0.05) is 42.1 Å². The van der Waals surface area contributed by atoms with Gasteiger partial charge in [-0.15, -0.1) is 5.10 Å². The summed E-state index contributed by atoms with van der Waals surface area (Å²) in [6, 6.07) is 9.52. The van der Waals surface area contributed by atoms with Gasteiger partial charge in [-0.3, -0.25) is 14.7 Å². The average molecular weight is 375 g/mol. The van der Waals surface area contributed by atoms with Crippen LogP contribution in [0, 0.1) is 0 Å². The summed E-state index contributed by atoms with van der Waals surface area (Å²) in [4.78, 5) is 35.8. The summed E-state index contributed by atoms with van der Waals surface area (Å²) >= 11 is 1.14. The number of hydrogen-bond acceptors (Lipinski definition) is 5. The molecule has 1 heterocycles. The van der Waals surface area contributed by atoms with Crippen LogP contribution in [0.2, 0.25) is 0 Å². The molecule has 0 saturated heterocycles. The molecule has 2 aromatic rings. The zero-order valence-electron chi connectivity index (χ0n) is 14.4. The molecule has 26 heavy (non-hydrogen) atoms. The van der Waals surface area contributed by atoms with Crippen molar-refractivity contribution < 1.29 is 9.59 Å². The Morgan fingerprint density at radius 1 is 1.35 bits per heavy atom. The minimum absolute atomic E-state index is 0.181. The predicted octanol–water partition coefficient (Wildman–Crippen LogP) is 1.28. The first-order chi connectivity index (χ1) is 12.5. The maximum absolute atomic E-state index is 12.1. The van der Waals surface area contributed by atoms with Gasteiger partial charge >= 0.3 is 11.7 Å². The van der Waals surface area contributed by atoms with E-state index in [0.717, 1.165) is 30.2 Å². The Balaban J connectivity index is 1.57. The maximum Gasteiger partial charge on any atom is 0.343 e. The van der Waals surface area contributed by atoms with E-state index in [2.05, 4.69) is 20.8 Å². The van der Waals surface area contributed by atoms with E-state index in [4.69, 9.17) is 0 Å². The van der Waals surface area contributed by atoms with Gasteiger partial charge in [0.2, 0.25) is 5.91 Å². The van der Waals surface area contributed by atoms with Crippen LogP contribution in [0.4, 0.5) is 4.79 Å². The first-order valence-electron chi connectivity index (χ1n) is 8.50. The highest BCUT2D eigenvalue weighted by Crippen LogP contribution is 2.21. The molecule has 1 atom stereocenters. The van der Waals surface area contributed by atoms with Gasteiger partial charge in [0.1, 0.15) is 0 Å². The molecule has 0 bridgehead atoms. The van der Waals surface area contributed by atoms with Gasteiger partial charge in [0.25, 0.3) is 0 Å². The highest BCUT2D eigenvalue weighted by Gasteiger charge is 2.26. The number of nitrogens with zero attached hydrogens (tertiary/aromatic N) is 2. The second kappa shape index (κ2) is 8.22. The number of carbonyl (C=O) groups excluding carboxylic acids is 2. The molecule has 1 unspecified atom stereocenters. The Kier molecular flexibility index (Phi) is 5.77. The van der Waals surface area contributed by atoms with Crippen molar-refractivity contribution in [1.29, 1.82) is 0 Å². The summed E-state index contributed by atoms with van der Waals surface area (Å²) in [5.41, 5.74) is 0.793. The molecule has 9 heteroatoms. The van der Waals surface area contributed by atoms with E-state index >= 15 is 0 Å². The molecule has 138 valence electrons. The molecule has 1 aromatic carbocycles. The third-order valence-electron chi connectivity index (χ3n) is 3.99. The van der Waals surface area contributed by atoms with Crippen LogP contribution in [0.3, 0.4) is 0 Å². The van der Waals surface area contributed by atoms with Crippen molar-refractivity contribution in [1.82, 2.24) is 25.4 Å². The Hall–Kier alpha value is -2.55. The van der Waals surface area contributed by atoms with E-state index in [-0.39, 0.29) is 11.7 Å². The quantitative estimate of drug-likeness (QED) is 0.632. The Morgan fingerprint density at radius 3 is 2.77 bits per heavy atom. The molecule has 1 fully saturated rings. The lowest BCUT2D eigenvalue weighted by Gasteiger charge is -2.12. The highest BCUT2D eigenvalue weighted by atomic mass is 32.2. The molecule has 3 amide bonds. The molecule has 1 saturated carbocycles. The summed E-state index contributed by atoms with van der Waals surface area (Å²) in [5.74, 6) is -0.418. The number of aryl methyl sites for hydroxylation is 1. The van der Waals surface area contributed by atoms with Crippen LogP contribution in [0.25, 0.3) is 0 Å². The fourth-order valence-electron chi connectivity index (χ4n) is 2.35. The van der Waals surface area contributed by atoms with Crippen LogP contribution in [-0.2, 0) is 17.8 Å². The van der Waals surface area contributed by atoms with E-state index in [1.807, 2.05) is 30.3 Å². The Morgan fingerprint density at radius 2 is 2.08 bits per heavy atom. The minimum atomic E-state index is -0.564. The number of rotatable bonds is 7. The molecule has 8 nitrogen and oxygen atoms in total.